The zero-order chi connectivity index (χ0) is 25.7. The summed E-state index contributed by atoms with van der Waals surface area (Å²) in [5, 5.41) is 11.7. The summed E-state index contributed by atoms with van der Waals surface area (Å²) >= 11 is 4.39. The summed E-state index contributed by atoms with van der Waals surface area (Å²) < 4.78 is 7.22. The standard InChI is InChI=1S/C25H19BrN4O5S/c1-12-18(29-10-5-4-9-16(29)27-12)20(31)17-19(14-7-6-8-15(26)11-14)30(23(33)21(17)32)25-28-13(2)22(36-25)24(34)35-3/h4-11,19,31H,1-3H3. The zero-order valence-electron chi connectivity index (χ0n) is 19.4. The number of hydrogen-bond acceptors (Lipinski definition) is 8. The number of ketones is 1. The third kappa shape index (κ3) is 3.71. The van der Waals surface area contributed by atoms with E-state index in [1.54, 1.807) is 54.8 Å². The van der Waals surface area contributed by atoms with Gasteiger partial charge in [-0.3, -0.25) is 18.9 Å². The number of anilines is 1. The summed E-state index contributed by atoms with van der Waals surface area (Å²) in [6.45, 7) is 3.35. The van der Waals surface area contributed by atoms with Gasteiger partial charge in [0.15, 0.2) is 10.9 Å². The maximum Gasteiger partial charge on any atom is 0.350 e. The van der Waals surface area contributed by atoms with Crippen molar-refractivity contribution in [2.75, 3.05) is 12.0 Å². The smallest absolute Gasteiger partial charge is 0.350 e. The minimum absolute atomic E-state index is 0.0978. The van der Waals surface area contributed by atoms with E-state index in [0.717, 1.165) is 15.8 Å². The quantitative estimate of drug-likeness (QED) is 0.166. The molecule has 1 amide bonds. The van der Waals surface area contributed by atoms with Crippen LogP contribution in [0.4, 0.5) is 5.13 Å². The molecule has 5 rings (SSSR count). The van der Waals surface area contributed by atoms with Crippen molar-refractivity contribution in [1.82, 2.24) is 14.4 Å². The van der Waals surface area contributed by atoms with Gasteiger partial charge in [0.25, 0.3) is 5.78 Å². The van der Waals surface area contributed by atoms with Gasteiger partial charge in [-0.15, -0.1) is 0 Å². The van der Waals surface area contributed by atoms with Crippen molar-refractivity contribution >= 4 is 61.5 Å². The molecule has 11 heteroatoms. The van der Waals surface area contributed by atoms with E-state index in [0.29, 0.717) is 28.3 Å². The van der Waals surface area contributed by atoms with E-state index in [-0.39, 0.29) is 21.3 Å². The molecule has 0 aliphatic carbocycles. The van der Waals surface area contributed by atoms with Crippen molar-refractivity contribution in [3.8, 4) is 0 Å². The molecule has 4 aromatic rings. The fourth-order valence-corrected chi connectivity index (χ4v) is 5.74. The van der Waals surface area contributed by atoms with Gasteiger partial charge < -0.3 is 9.84 Å². The average Bonchev–Trinajstić information content (AvgIpc) is 3.48. The zero-order valence-corrected chi connectivity index (χ0v) is 21.8. The van der Waals surface area contributed by atoms with Crippen molar-refractivity contribution in [2.45, 2.75) is 19.9 Å². The van der Waals surface area contributed by atoms with Crippen LogP contribution in [0.2, 0.25) is 0 Å². The molecular weight excluding hydrogens is 548 g/mol. The van der Waals surface area contributed by atoms with Gasteiger partial charge in [-0.05, 0) is 43.7 Å². The Kier molecular flexibility index (Phi) is 5.97. The molecule has 1 unspecified atom stereocenters. The van der Waals surface area contributed by atoms with Gasteiger partial charge in [0.2, 0.25) is 0 Å². The molecule has 3 aromatic heterocycles. The second kappa shape index (κ2) is 8.99. The summed E-state index contributed by atoms with van der Waals surface area (Å²) in [7, 11) is 1.26. The second-order valence-electron chi connectivity index (χ2n) is 8.10. The number of aromatic nitrogens is 3. The lowest BCUT2D eigenvalue weighted by Gasteiger charge is -2.23. The van der Waals surface area contributed by atoms with Crippen molar-refractivity contribution in [2.24, 2.45) is 0 Å². The fraction of sp³-hybridized carbons (Fsp3) is 0.160. The first-order valence-electron chi connectivity index (χ1n) is 10.8. The number of methoxy groups -OCH3 is 1. The summed E-state index contributed by atoms with van der Waals surface area (Å²) in [5.74, 6) is -2.67. The molecule has 1 N–H and O–H groups in total. The van der Waals surface area contributed by atoms with Crippen LogP contribution in [-0.2, 0) is 14.3 Å². The van der Waals surface area contributed by atoms with Gasteiger partial charge in [-0.25, -0.2) is 14.8 Å². The second-order valence-corrected chi connectivity index (χ2v) is 9.99. The SMILES string of the molecule is COC(=O)c1sc(N2C(=O)C(=O)C(=C(O)c3c(C)nc4ccccn34)C2c2cccc(Br)c2)nc1C. The first-order valence-corrected chi connectivity index (χ1v) is 12.4. The number of aryl methyl sites for hydroxylation is 2. The Hall–Kier alpha value is -3.83. The molecule has 1 atom stereocenters. The third-order valence-electron chi connectivity index (χ3n) is 5.90. The number of ether oxygens (including phenoxy) is 1. The minimum Gasteiger partial charge on any atom is -0.505 e. The topological polar surface area (TPSA) is 114 Å². The lowest BCUT2D eigenvalue weighted by atomic mass is 9.96. The molecule has 182 valence electrons. The lowest BCUT2D eigenvalue weighted by molar-refractivity contribution is -0.132. The Morgan fingerprint density at radius 2 is 1.89 bits per heavy atom. The maximum atomic E-state index is 13.5. The summed E-state index contributed by atoms with van der Waals surface area (Å²) in [4.78, 5) is 49.4. The number of imidazole rings is 1. The average molecular weight is 567 g/mol. The van der Waals surface area contributed by atoms with Crippen molar-refractivity contribution in [3.63, 3.8) is 0 Å². The summed E-state index contributed by atoms with van der Waals surface area (Å²) in [6, 6.07) is 11.5. The van der Waals surface area contributed by atoms with E-state index < -0.39 is 23.7 Å². The van der Waals surface area contributed by atoms with Crippen molar-refractivity contribution in [1.29, 1.82) is 0 Å². The lowest BCUT2D eigenvalue weighted by Crippen LogP contribution is -2.29. The number of fused-ring (bicyclic) bond motifs is 1. The Bertz CT molecular complexity index is 1600. The van der Waals surface area contributed by atoms with Gasteiger partial charge in [0.05, 0.1) is 30.1 Å². The summed E-state index contributed by atoms with van der Waals surface area (Å²) in [5.41, 5.74) is 2.24. The molecule has 1 aromatic carbocycles. The van der Waals surface area contributed by atoms with E-state index in [1.807, 2.05) is 12.1 Å². The monoisotopic (exact) mass is 566 g/mol. The van der Waals surface area contributed by atoms with Gasteiger partial charge in [-0.2, -0.15) is 0 Å². The first-order chi connectivity index (χ1) is 17.2. The number of Topliss-reactive ketones (excluding diaryl/α,β-unsaturated/α-hetero) is 1. The largest absolute Gasteiger partial charge is 0.505 e. The van der Waals surface area contributed by atoms with Crippen molar-refractivity contribution in [3.05, 3.63) is 86.2 Å². The molecule has 1 aliphatic rings. The van der Waals surface area contributed by atoms with Crippen LogP contribution in [0.15, 0.2) is 58.7 Å². The van der Waals surface area contributed by atoms with E-state index >= 15 is 0 Å². The predicted octanol–water partition coefficient (Wildman–Crippen LogP) is 4.58. The molecule has 4 heterocycles. The molecular formula is C25H19BrN4O5S. The molecule has 1 saturated heterocycles. The molecule has 9 nitrogen and oxygen atoms in total. The van der Waals surface area contributed by atoms with E-state index in [4.69, 9.17) is 4.74 Å². The molecule has 36 heavy (non-hydrogen) atoms. The number of carbonyl (C=O) groups excluding carboxylic acids is 3. The third-order valence-corrected chi connectivity index (χ3v) is 7.53. The van der Waals surface area contributed by atoms with E-state index in [9.17, 15) is 19.5 Å². The number of halogens is 1. The van der Waals surface area contributed by atoms with Crippen LogP contribution in [0.25, 0.3) is 11.4 Å². The van der Waals surface area contributed by atoms with Crippen LogP contribution in [0.5, 0.6) is 0 Å². The number of amides is 1. The molecule has 0 bridgehead atoms. The van der Waals surface area contributed by atoms with Crippen LogP contribution in [0, 0.1) is 13.8 Å². The number of carbonyl (C=O) groups is 3. The highest BCUT2D eigenvalue weighted by molar-refractivity contribution is 9.10. The van der Waals surface area contributed by atoms with E-state index in [2.05, 4.69) is 25.9 Å². The minimum atomic E-state index is -0.993. The molecule has 0 spiro atoms. The normalized spacial score (nSPS) is 17.2. The van der Waals surface area contributed by atoms with Crippen LogP contribution < -0.4 is 4.90 Å². The van der Waals surface area contributed by atoms with Gasteiger partial charge in [-0.1, -0.05) is 45.5 Å². The molecule has 1 fully saturated rings. The fourth-order valence-electron chi connectivity index (χ4n) is 4.32. The highest BCUT2D eigenvalue weighted by Crippen LogP contribution is 2.44. The number of thiazole rings is 1. The molecule has 0 radical (unpaired) electrons. The Morgan fingerprint density at radius 3 is 2.61 bits per heavy atom. The predicted molar refractivity (Wildman–Crippen MR) is 137 cm³/mol. The number of aliphatic hydroxyl groups excluding tert-OH is 1. The number of rotatable bonds is 4. The summed E-state index contributed by atoms with van der Waals surface area (Å²) in [6.07, 6.45) is 1.72. The number of esters is 1. The van der Waals surface area contributed by atoms with Gasteiger partial charge >= 0.3 is 11.9 Å². The number of aliphatic hydroxyl groups is 1. The molecule has 0 saturated carbocycles. The van der Waals surface area contributed by atoms with Crippen LogP contribution >= 0.6 is 27.3 Å². The Labute approximate surface area is 217 Å². The van der Waals surface area contributed by atoms with Crippen LogP contribution in [0.3, 0.4) is 0 Å². The van der Waals surface area contributed by atoms with Crippen molar-refractivity contribution < 1.29 is 24.2 Å². The van der Waals surface area contributed by atoms with Gasteiger partial charge in [0.1, 0.15) is 16.2 Å². The highest BCUT2D eigenvalue weighted by atomic mass is 79.9. The molecule has 1 aliphatic heterocycles. The van der Waals surface area contributed by atoms with E-state index in [1.165, 1.54) is 12.0 Å². The van der Waals surface area contributed by atoms with Gasteiger partial charge in [0, 0.05) is 10.7 Å². The number of benzene rings is 1. The Morgan fingerprint density at radius 1 is 1.11 bits per heavy atom. The first kappa shape index (κ1) is 23.9. The number of nitrogens with zero attached hydrogens (tertiary/aromatic N) is 4. The van der Waals surface area contributed by atoms with Crippen LogP contribution in [-0.4, -0.2) is 44.2 Å². The Balaban J connectivity index is 1.77. The number of pyridine rings is 1. The number of hydrogen-bond donors (Lipinski definition) is 1. The maximum absolute atomic E-state index is 13.5. The van der Waals surface area contributed by atoms with Crippen LogP contribution in [0.1, 0.15) is 38.4 Å². The highest BCUT2D eigenvalue weighted by Gasteiger charge is 2.49.